The second-order valence-electron chi connectivity index (χ2n) is 5.58. The number of hydrogen-bond acceptors (Lipinski definition) is 3. The fourth-order valence-electron chi connectivity index (χ4n) is 2.38. The number of rotatable bonds is 8. The molecule has 1 aromatic rings. The topological polar surface area (TPSA) is 39.1 Å². The van der Waals surface area contributed by atoms with Gasteiger partial charge in [-0.15, -0.1) is 0 Å². The summed E-state index contributed by atoms with van der Waals surface area (Å²) < 4.78 is 7.30. The highest BCUT2D eigenvalue weighted by molar-refractivity contribution is 5.25. The zero-order valence-corrected chi connectivity index (χ0v) is 13.3. The van der Waals surface area contributed by atoms with Crippen molar-refractivity contribution < 1.29 is 4.74 Å². The number of aryl methyl sites for hydroxylation is 1. The van der Waals surface area contributed by atoms with Gasteiger partial charge >= 0.3 is 0 Å². The molecule has 0 spiro atoms. The Hall–Kier alpha value is -0.870. The van der Waals surface area contributed by atoms with Crippen LogP contribution in [0.2, 0.25) is 0 Å². The Bertz CT molecular complexity index is 385. The van der Waals surface area contributed by atoms with Crippen LogP contribution in [-0.4, -0.2) is 36.1 Å². The highest BCUT2D eigenvalue weighted by atomic mass is 16.5. The van der Waals surface area contributed by atoms with Crippen LogP contribution in [0.1, 0.15) is 50.2 Å². The van der Waals surface area contributed by atoms with Crippen LogP contribution in [0.15, 0.2) is 0 Å². The number of aromatic nitrogens is 2. The number of methoxy groups -OCH3 is 1. The lowest BCUT2D eigenvalue weighted by molar-refractivity contribution is 0.178. The Labute approximate surface area is 117 Å². The average Bonchev–Trinajstić information content (AvgIpc) is 2.63. The molecule has 1 rings (SSSR count). The minimum atomic E-state index is 0.394. The van der Waals surface area contributed by atoms with E-state index >= 15 is 0 Å². The largest absolute Gasteiger partial charge is 0.385 e. The molecule has 1 atom stereocenters. The van der Waals surface area contributed by atoms with E-state index in [1.165, 1.54) is 11.3 Å². The molecule has 110 valence electrons. The summed E-state index contributed by atoms with van der Waals surface area (Å²) in [6, 6.07) is 0.932. The van der Waals surface area contributed by atoms with E-state index in [9.17, 15) is 0 Å². The summed E-state index contributed by atoms with van der Waals surface area (Å²) in [5, 5.41) is 8.16. The van der Waals surface area contributed by atoms with Crippen LogP contribution in [-0.2, 0) is 11.2 Å². The summed E-state index contributed by atoms with van der Waals surface area (Å²) in [5.41, 5.74) is 3.84. The summed E-state index contributed by atoms with van der Waals surface area (Å²) in [6.07, 6.45) is 2.05. The summed E-state index contributed by atoms with van der Waals surface area (Å²) >= 11 is 0. The maximum Gasteiger partial charge on any atom is 0.0629 e. The van der Waals surface area contributed by atoms with Crippen molar-refractivity contribution >= 4 is 0 Å². The molecule has 1 aromatic heterocycles. The quantitative estimate of drug-likeness (QED) is 0.787. The van der Waals surface area contributed by atoms with Crippen molar-refractivity contribution in [2.45, 2.75) is 59.5 Å². The zero-order chi connectivity index (χ0) is 14.4. The normalized spacial score (nSPS) is 13.2. The van der Waals surface area contributed by atoms with E-state index < -0.39 is 0 Å². The van der Waals surface area contributed by atoms with Crippen molar-refractivity contribution in [1.82, 2.24) is 15.1 Å². The lowest BCUT2D eigenvalue weighted by atomic mass is 10.1. The molecule has 0 saturated heterocycles. The SMILES string of the molecule is COCCC(C)n1nc(C)c(CCNC(C)C)c1C. The van der Waals surface area contributed by atoms with E-state index in [4.69, 9.17) is 9.84 Å². The van der Waals surface area contributed by atoms with Crippen molar-refractivity contribution in [2.24, 2.45) is 0 Å². The van der Waals surface area contributed by atoms with Crippen LogP contribution in [0.25, 0.3) is 0 Å². The van der Waals surface area contributed by atoms with Crippen molar-refractivity contribution in [3.63, 3.8) is 0 Å². The Balaban J connectivity index is 2.70. The third-order valence-corrected chi connectivity index (χ3v) is 3.56. The minimum Gasteiger partial charge on any atom is -0.385 e. The average molecular weight is 267 g/mol. The highest BCUT2D eigenvalue weighted by Gasteiger charge is 2.15. The Morgan fingerprint density at radius 3 is 2.53 bits per heavy atom. The fourth-order valence-corrected chi connectivity index (χ4v) is 2.38. The third-order valence-electron chi connectivity index (χ3n) is 3.56. The van der Waals surface area contributed by atoms with E-state index in [1.54, 1.807) is 7.11 Å². The van der Waals surface area contributed by atoms with Crippen molar-refractivity contribution in [3.05, 3.63) is 17.0 Å². The van der Waals surface area contributed by atoms with E-state index in [0.717, 1.165) is 31.7 Å². The van der Waals surface area contributed by atoms with Crippen LogP contribution in [0, 0.1) is 13.8 Å². The van der Waals surface area contributed by atoms with Gasteiger partial charge in [0, 0.05) is 25.5 Å². The number of ether oxygens (including phenoxy) is 1. The first-order valence-corrected chi connectivity index (χ1v) is 7.24. The Kier molecular flexibility index (Phi) is 6.52. The van der Waals surface area contributed by atoms with E-state index in [0.29, 0.717) is 12.1 Å². The van der Waals surface area contributed by atoms with Crippen LogP contribution >= 0.6 is 0 Å². The standard InChI is InChI=1S/C15H29N3O/c1-11(2)16-9-7-15-13(4)17-18(14(15)5)12(3)8-10-19-6/h11-12,16H,7-10H2,1-6H3. The molecule has 0 radical (unpaired) electrons. The van der Waals surface area contributed by atoms with Crippen molar-refractivity contribution in [3.8, 4) is 0 Å². The highest BCUT2D eigenvalue weighted by Crippen LogP contribution is 2.19. The monoisotopic (exact) mass is 267 g/mol. The van der Waals surface area contributed by atoms with Crippen molar-refractivity contribution in [1.29, 1.82) is 0 Å². The van der Waals surface area contributed by atoms with Gasteiger partial charge in [-0.05, 0) is 45.7 Å². The predicted octanol–water partition coefficient (Wildman–Crippen LogP) is 2.64. The number of nitrogens with zero attached hydrogens (tertiary/aromatic N) is 2. The van der Waals surface area contributed by atoms with Gasteiger partial charge in [0.1, 0.15) is 0 Å². The minimum absolute atomic E-state index is 0.394. The van der Waals surface area contributed by atoms with Gasteiger partial charge in [-0.1, -0.05) is 13.8 Å². The van der Waals surface area contributed by atoms with E-state index in [1.807, 2.05) is 0 Å². The maximum absolute atomic E-state index is 5.15. The van der Waals surface area contributed by atoms with Crippen LogP contribution in [0.3, 0.4) is 0 Å². The maximum atomic E-state index is 5.15. The second kappa shape index (κ2) is 7.65. The Morgan fingerprint density at radius 2 is 1.95 bits per heavy atom. The molecular formula is C15H29N3O. The summed E-state index contributed by atoms with van der Waals surface area (Å²) in [4.78, 5) is 0. The first-order valence-electron chi connectivity index (χ1n) is 7.24. The van der Waals surface area contributed by atoms with Gasteiger partial charge in [-0.3, -0.25) is 4.68 Å². The van der Waals surface area contributed by atoms with Crippen LogP contribution < -0.4 is 5.32 Å². The molecule has 4 nitrogen and oxygen atoms in total. The lowest BCUT2D eigenvalue weighted by Crippen LogP contribution is -2.25. The predicted molar refractivity (Wildman–Crippen MR) is 79.7 cm³/mol. The zero-order valence-electron chi connectivity index (χ0n) is 13.3. The summed E-state index contributed by atoms with van der Waals surface area (Å²) in [7, 11) is 1.75. The molecule has 1 N–H and O–H groups in total. The van der Waals surface area contributed by atoms with Gasteiger partial charge in [0.25, 0.3) is 0 Å². The van der Waals surface area contributed by atoms with E-state index in [2.05, 4.69) is 44.6 Å². The molecule has 0 aliphatic heterocycles. The second-order valence-corrected chi connectivity index (χ2v) is 5.58. The third kappa shape index (κ3) is 4.62. The van der Waals surface area contributed by atoms with Gasteiger partial charge < -0.3 is 10.1 Å². The molecule has 0 amide bonds. The Morgan fingerprint density at radius 1 is 1.26 bits per heavy atom. The molecule has 0 aliphatic carbocycles. The van der Waals surface area contributed by atoms with Gasteiger partial charge in [-0.2, -0.15) is 5.10 Å². The van der Waals surface area contributed by atoms with E-state index in [-0.39, 0.29) is 0 Å². The first-order chi connectivity index (χ1) is 8.97. The molecule has 0 fully saturated rings. The fraction of sp³-hybridized carbons (Fsp3) is 0.800. The molecule has 0 saturated carbocycles. The molecule has 0 bridgehead atoms. The molecule has 19 heavy (non-hydrogen) atoms. The smallest absolute Gasteiger partial charge is 0.0629 e. The van der Waals surface area contributed by atoms with Crippen molar-refractivity contribution in [2.75, 3.05) is 20.3 Å². The molecule has 1 heterocycles. The number of hydrogen-bond donors (Lipinski definition) is 1. The van der Waals surface area contributed by atoms with Gasteiger partial charge in [0.2, 0.25) is 0 Å². The van der Waals surface area contributed by atoms with Gasteiger partial charge in [-0.25, -0.2) is 0 Å². The van der Waals surface area contributed by atoms with Gasteiger partial charge in [0.05, 0.1) is 11.7 Å². The van der Waals surface area contributed by atoms with Crippen LogP contribution in [0.4, 0.5) is 0 Å². The first kappa shape index (κ1) is 16.2. The van der Waals surface area contributed by atoms with Gasteiger partial charge in [0.15, 0.2) is 0 Å². The van der Waals surface area contributed by atoms with Crippen LogP contribution in [0.5, 0.6) is 0 Å². The molecule has 1 unspecified atom stereocenters. The molecule has 4 heteroatoms. The summed E-state index contributed by atoms with van der Waals surface area (Å²) in [6.45, 7) is 12.6. The summed E-state index contributed by atoms with van der Waals surface area (Å²) in [5.74, 6) is 0. The molecular weight excluding hydrogens is 238 g/mol. The molecule has 0 aromatic carbocycles. The number of nitrogens with one attached hydrogen (secondary N) is 1. The molecule has 0 aliphatic rings. The lowest BCUT2D eigenvalue weighted by Gasteiger charge is -2.14.